The van der Waals surface area contributed by atoms with E-state index in [9.17, 15) is 9.90 Å². The molecule has 1 atom stereocenters. The van der Waals surface area contributed by atoms with Crippen molar-refractivity contribution in [2.24, 2.45) is 0 Å². The van der Waals surface area contributed by atoms with Crippen LogP contribution in [0.3, 0.4) is 0 Å². The number of nitrogens with one attached hydrogen (secondary N) is 1. The number of aliphatic hydroxyl groups excluding tert-OH is 1. The first kappa shape index (κ1) is 27.0. The van der Waals surface area contributed by atoms with Crippen LogP contribution in [0.15, 0.2) is 46.9 Å². The van der Waals surface area contributed by atoms with Crippen molar-refractivity contribution in [2.45, 2.75) is 33.5 Å². The fraction of sp³-hybridized carbons (Fsp3) is 0.308. The highest BCUT2D eigenvalue weighted by Gasteiger charge is 2.19. The Morgan fingerprint density at radius 2 is 1.89 bits per heavy atom. The van der Waals surface area contributed by atoms with Crippen molar-refractivity contribution in [1.29, 1.82) is 0 Å². The summed E-state index contributed by atoms with van der Waals surface area (Å²) in [5.74, 6) is 2.00. The SMILES string of the molecule is CCOC(=O)c1sc(Nc2cc(Oc3ccc(-c4nnc(C)o4)cc3)cc(OC(C)COC)c2)nc1CO. The number of esters is 1. The summed E-state index contributed by atoms with van der Waals surface area (Å²) in [5, 5.41) is 21.1. The Morgan fingerprint density at radius 1 is 1.13 bits per heavy atom. The number of aromatic nitrogens is 3. The Kier molecular flexibility index (Phi) is 8.89. The van der Waals surface area contributed by atoms with Crippen LogP contribution in [-0.2, 0) is 16.1 Å². The number of nitrogens with zero attached hydrogens (tertiary/aromatic N) is 3. The van der Waals surface area contributed by atoms with Gasteiger partial charge in [0.1, 0.15) is 28.2 Å². The molecule has 4 rings (SSSR count). The molecule has 0 radical (unpaired) electrons. The molecular formula is C26H28N4O7S. The van der Waals surface area contributed by atoms with Gasteiger partial charge in [-0.2, -0.15) is 0 Å². The zero-order valence-corrected chi connectivity index (χ0v) is 22.2. The molecule has 1 unspecified atom stereocenters. The lowest BCUT2D eigenvalue weighted by Gasteiger charge is -2.16. The van der Waals surface area contributed by atoms with E-state index in [2.05, 4.69) is 20.5 Å². The molecule has 0 aliphatic heterocycles. The maximum atomic E-state index is 12.2. The molecule has 38 heavy (non-hydrogen) atoms. The lowest BCUT2D eigenvalue weighted by Crippen LogP contribution is -2.18. The van der Waals surface area contributed by atoms with E-state index in [0.29, 0.717) is 46.5 Å². The molecule has 0 spiro atoms. The van der Waals surface area contributed by atoms with Crippen molar-refractivity contribution in [3.63, 3.8) is 0 Å². The molecular weight excluding hydrogens is 512 g/mol. The summed E-state index contributed by atoms with van der Waals surface area (Å²) in [7, 11) is 1.61. The molecule has 0 saturated heterocycles. The second-order valence-corrected chi connectivity index (χ2v) is 9.13. The number of carbonyl (C=O) groups is 1. The Bertz CT molecular complexity index is 1370. The number of thiazole rings is 1. The summed E-state index contributed by atoms with van der Waals surface area (Å²) in [5.41, 5.74) is 1.62. The first-order chi connectivity index (χ1) is 18.4. The summed E-state index contributed by atoms with van der Waals surface area (Å²) in [6.07, 6.45) is -0.212. The number of carbonyl (C=O) groups excluding carboxylic acids is 1. The molecule has 0 aliphatic rings. The molecule has 11 nitrogen and oxygen atoms in total. The van der Waals surface area contributed by atoms with Crippen LogP contribution in [0.1, 0.15) is 35.1 Å². The highest BCUT2D eigenvalue weighted by molar-refractivity contribution is 7.17. The van der Waals surface area contributed by atoms with E-state index in [1.165, 1.54) is 0 Å². The zero-order valence-electron chi connectivity index (χ0n) is 21.4. The summed E-state index contributed by atoms with van der Waals surface area (Å²) in [6, 6.07) is 12.6. The molecule has 0 bridgehead atoms. The summed E-state index contributed by atoms with van der Waals surface area (Å²) in [6.45, 7) is 5.57. The number of methoxy groups -OCH3 is 1. The number of anilines is 2. The van der Waals surface area contributed by atoms with Crippen LogP contribution in [0.2, 0.25) is 0 Å². The molecule has 2 aromatic carbocycles. The lowest BCUT2D eigenvalue weighted by atomic mass is 10.2. The summed E-state index contributed by atoms with van der Waals surface area (Å²) < 4.78 is 27.8. The topological polar surface area (TPSA) is 138 Å². The average Bonchev–Trinajstić information content (AvgIpc) is 3.50. The van der Waals surface area contributed by atoms with E-state index in [1.807, 2.05) is 19.1 Å². The van der Waals surface area contributed by atoms with Crippen molar-refractivity contribution in [1.82, 2.24) is 15.2 Å². The first-order valence-corrected chi connectivity index (χ1v) is 12.6. The van der Waals surface area contributed by atoms with Gasteiger partial charge in [0, 0.05) is 43.5 Å². The van der Waals surface area contributed by atoms with E-state index in [4.69, 9.17) is 23.4 Å². The molecule has 4 aromatic rings. The number of aryl methyl sites for hydroxylation is 1. The number of hydrogen-bond acceptors (Lipinski definition) is 12. The number of hydrogen-bond donors (Lipinski definition) is 2. The minimum atomic E-state index is -0.532. The van der Waals surface area contributed by atoms with Gasteiger partial charge in [-0.05, 0) is 38.1 Å². The van der Waals surface area contributed by atoms with E-state index >= 15 is 0 Å². The van der Waals surface area contributed by atoms with Crippen LogP contribution in [-0.4, -0.2) is 52.7 Å². The number of ether oxygens (including phenoxy) is 4. The van der Waals surface area contributed by atoms with Crippen molar-refractivity contribution < 1.29 is 33.3 Å². The molecule has 2 aromatic heterocycles. The third kappa shape index (κ3) is 6.85. The van der Waals surface area contributed by atoms with Gasteiger partial charge in [-0.3, -0.25) is 0 Å². The molecule has 2 N–H and O–H groups in total. The number of benzene rings is 2. The minimum Gasteiger partial charge on any atom is -0.488 e. The van der Waals surface area contributed by atoms with Crippen molar-refractivity contribution in [3.8, 4) is 28.7 Å². The van der Waals surface area contributed by atoms with E-state index in [0.717, 1.165) is 16.9 Å². The Labute approximate surface area is 223 Å². The minimum absolute atomic E-state index is 0.212. The lowest BCUT2D eigenvalue weighted by molar-refractivity contribution is 0.0528. The second kappa shape index (κ2) is 12.5. The van der Waals surface area contributed by atoms with Gasteiger partial charge in [0.15, 0.2) is 5.13 Å². The molecule has 0 aliphatic carbocycles. The normalized spacial score (nSPS) is 11.7. The Hall–Kier alpha value is -4.00. The smallest absolute Gasteiger partial charge is 0.350 e. The first-order valence-electron chi connectivity index (χ1n) is 11.8. The predicted octanol–water partition coefficient (Wildman–Crippen LogP) is 5.12. The van der Waals surface area contributed by atoms with E-state index in [-0.39, 0.29) is 23.3 Å². The van der Waals surface area contributed by atoms with Gasteiger partial charge in [0.25, 0.3) is 0 Å². The fourth-order valence-electron chi connectivity index (χ4n) is 3.48. The Balaban J connectivity index is 1.59. The van der Waals surface area contributed by atoms with E-state index < -0.39 is 12.6 Å². The standard InChI is InChI=1S/C26H28N4O7S/c1-5-34-25(32)23-22(13-31)28-26(38-23)27-18-10-20(35-15(2)14-33-4)12-21(11-18)37-19-8-6-17(7-9-19)24-30-29-16(3)36-24/h6-12,15,31H,5,13-14H2,1-4H3,(H,27,28). The summed E-state index contributed by atoms with van der Waals surface area (Å²) in [4.78, 5) is 16.8. The maximum absolute atomic E-state index is 12.2. The molecule has 2 heterocycles. The van der Waals surface area contributed by atoms with Crippen molar-refractivity contribution >= 4 is 28.1 Å². The average molecular weight is 541 g/mol. The second-order valence-electron chi connectivity index (χ2n) is 8.13. The van der Waals surface area contributed by atoms with Gasteiger partial charge in [0.2, 0.25) is 11.8 Å². The molecule has 0 saturated carbocycles. The highest BCUT2D eigenvalue weighted by Crippen LogP contribution is 2.34. The van der Waals surface area contributed by atoms with Crippen molar-refractivity contribution in [2.75, 3.05) is 25.6 Å². The van der Waals surface area contributed by atoms with Crippen LogP contribution >= 0.6 is 11.3 Å². The molecule has 12 heteroatoms. The number of aliphatic hydroxyl groups is 1. The van der Waals surface area contributed by atoms with Gasteiger partial charge >= 0.3 is 5.97 Å². The van der Waals surface area contributed by atoms with Crippen LogP contribution in [0.4, 0.5) is 10.8 Å². The van der Waals surface area contributed by atoms with Gasteiger partial charge in [-0.25, -0.2) is 9.78 Å². The summed E-state index contributed by atoms with van der Waals surface area (Å²) >= 11 is 1.09. The van der Waals surface area contributed by atoms with Crippen LogP contribution in [0.5, 0.6) is 17.2 Å². The van der Waals surface area contributed by atoms with Crippen molar-refractivity contribution in [3.05, 3.63) is 58.9 Å². The molecule has 200 valence electrons. The Morgan fingerprint density at radius 3 is 2.55 bits per heavy atom. The van der Waals surface area contributed by atoms with Crippen LogP contribution in [0, 0.1) is 6.92 Å². The third-order valence-electron chi connectivity index (χ3n) is 5.04. The monoisotopic (exact) mass is 540 g/mol. The van der Waals surface area contributed by atoms with Gasteiger partial charge < -0.3 is 33.8 Å². The fourth-order valence-corrected chi connectivity index (χ4v) is 4.37. The largest absolute Gasteiger partial charge is 0.488 e. The van der Waals surface area contributed by atoms with Gasteiger partial charge in [-0.1, -0.05) is 11.3 Å². The maximum Gasteiger partial charge on any atom is 0.350 e. The quantitative estimate of drug-likeness (QED) is 0.232. The van der Waals surface area contributed by atoms with Gasteiger partial charge in [0.05, 0.1) is 25.5 Å². The third-order valence-corrected chi connectivity index (χ3v) is 6.03. The highest BCUT2D eigenvalue weighted by atomic mass is 32.1. The van der Waals surface area contributed by atoms with Crippen LogP contribution in [0.25, 0.3) is 11.5 Å². The molecule has 0 fully saturated rings. The van der Waals surface area contributed by atoms with Gasteiger partial charge in [-0.15, -0.1) is 10.2 Å². The number of rotatable bonds is 12. The predicted molar refractivity (Wildman–Crippen MR) is 140 cm³/mol. The van der Waals surface area contributed by atoms with Crippen LogP contribution < -0.4 is 14.8 Å². The van der Waals surface area contributed by atoms with E-state index in [1.54, 1.807) is 51.3 Å². The zero-order chi connectivity index (χ0) is 27.1. The molecule has 0 amide bonds.